The lowest BCUT2D eigenvalue weighted by molar-refractivity contribution is 0.867. The van der Waals surface area contributed by atoms with Gasteiger partial charge in [-0.3, -0.25) is 9.20 Å². The molecule has 4 nitrogen and oxygen atoms in total. The Balaban J connectivity index is 3.08. The summed E-state index contributed by atoms with van der Waals surface area (Å²) in [6.45, 7) is 0. The smallest absolute Gasteiger partial charge is 0.258 e. The number of rotatable bonds is 0. The number of hydrogen-bond donors (Lipinski definition) is 0. The fourth-order valence-electron chi connectivity index (χ4n) is 1.05. The molecule has 0 fully saturated rings. The van der Waals surface area contributed by atoms with Crippen LogP contribution in [0, 0.1) is 0 Å². The van der Waals surface area contributed by atoms with Gasteiger partial charge in [-0.05, 0) is 0 Å². The highest BCUT2D eigenvalue weighted by Crippen LogP contribution is 1.92. The number of hydrogen-bond acceptors (Lipinski definition) is 2. The van der Waals surface area contributed by atoms with Crippen LogP contribution in [0.3, 0.4) is 0 Å². The van der Waals surface area contributed by atoms with Crippen LogP contribution in [0.15, 0.2) is 29.5 Å². The van der Waals surface area contributed by atoms with Gasteiger partial charge in [-0.25, -0.2) is 4.98 Å². The fraction of sp³-hybridized carbons (Fsp3) is 0.143. The summed E-state index contributed by atoms with van der Waals surface area (Å²) in [6.07, 6.45) is 4.96. The van der Waals surface area contributed by atoms with Crippen LogP contribution in [-0.2, 0) is 7.05 Å². The van der Waals surface area contributed by atoms with Crippen molar-refractivity contribution >= 4 is 5.78 Å². The van der Waals surface area contributed by atoms with E-state index in [1.54, 1.807) is 23.2 Å². The molecule has 0 aliphatic carbocycles. The zero-order valence-corrected chi connectivity index (χ0v) is 6.06. The van der Waals surface area contributed by atoms with E-state index in [4.69, 9.17) is 0 Å². The summed E-state index contributed by atoms with van der Waals surface area (Å²) >= 11 is 0. The summed E-state index contributed by atoms with van der Waals surface area (Å²) in [6, 6.07) is 1.51. The fourth-order valence-corrected chi connectivity index (χ4v) is 1.05. The van der Waals surface area contributed by atoms with Gasteiger partial charge < -0.3 is 4.57 Å². The number of imidazole rings is 1. The van der Waals surface area contributed by atoms with Crippen molar-refractivity contribution in [3.63, 3.8) is 0 Å². The Morgan fingerprint density at radius 3 is 3.00 bits per heavy atom. The first-order valence-electron chi connectivity index (χ1n) is 3.28. The maximum Gasteiger partial charge on any atom is 0.258 e. The molecular formula is C7H7N3O. The first-order chi connectivity index (χ1) is 5.29. The minimum absolute atomic E-state index is 0.0457. The molecule has 0 saturated carbocycles. The highest BCUT2D eigenvalue weighted by Gasteiger charge is 1.97. The summed E-state index contributed by atoms with van der Waals surface area (Å²) in [5.41, 5.74) is -0.0457. The van der Waals surface area contributed by atoms with Crippen molar-refractivity contribution in [1.82, 2.24) is 14.0 Å². The number of aryl methyl sites for hydroxylation is 1. The first kappa shape index (κ1) is 6.15. The standard InChI is InChI=1S/C7H7N3O/c1-9-4-2-6(11)10-5-3-8-7(9)10/h2-5H,1H3. The van der Waals surface area contributed by atoms with E-state index in [1.807, 2.05) is 7.05 Å². The Morgan fingerprint density at radius 1 is 1.45 bits per heavy atom. The highest BCUT2D eigenvalue weighted by atomic mass is 16.1. The van der Waals surface area contributed by atoms with Gasteiger partial charge >= 0.3 is 0 Å². The third-order valence-corrected chi connectivity index (χ3v) is 1.61. The van der Waals surface area contributed by atoms with E-state index in [0.29, 0.717) is 5.78 Å². The molecule has 0 aromatic carbocycles. The van der Waals surface area contributed by atoms with E-state index >= 15 is 0 Å². The van der Waals surface area contributed by atoms with Crippen molar-refractivity contribution < 1.29 is 0 Å². The Hall–Kier alpha value is -1.58. The van der Waals surface area contributed by atoms with Crippen LogP contribution in [0.2, 0.25) is 0 Å². The minimum atomic E-state index is -0.0457. The second-order valence-corrected chi connectivity index (χ2v) is 2.36. The van der Waals surface area contributed by atoms with E-state index < -0.39 is 0 Å². The molecule has 0 bridgehead atoms. The lowest BCUT2D eigenvalue weighted by Crippen LogP contribution is -2.13. The van der Waals surface area contributed by atoms with Gasteiger partial charge in [-0.1, -0.05) is 0 Å². The summed E-state index contributed by atoms with van der Waals surface area (Å²) in [5.74, 6) is 0.664. The molecule has 0 atom stereocenters. The normalized spacial score (nSPS) is 10.6. The number of nitrogens with zero attached hydrogens (tertiary/aromatic N) is 3. The van der Waals surface area contributed by atoms with Crippen LogP contribution in [0.5, 0.6) is 0 Å². The maximum atomic E-state index is 11.1. The SMILES string of the molecule is Cn1ccc(=O)n2ccnc12. The summed E-state index contributed by atoms with van der Waals surface area (Å²) in [4.78, 5) is 15.1. The Labute approximate surface area is 62.7 Å². The highest BCUT2D eigenvalue weighted by molar-refractivity contribution is 5.27. The lowest BCUT2D eigenvalue weighted by Gasteiger charge is -1.97. The first-order valence-corrected chi connectivity index (χ1v) is 3.28. The lowest BCUT2D eigenvalue weighted by atomic mass is 10.6. The predicted octanol–water partition coefficient (Wildman–Crippen LogP) is 0.0330. The molecule has 0 saturated heterocycles. The van der Waals surface area contributed by atoms with E-state index in [1.165, 1.54) is 10.5 Å². The van der Waals surface area contributed by atoms with E-state index in [2.05, 4.69) is 4.98 Å². The molecule has 0 amide bonds. The molecular weight excluding hydrogens is 142 g/mol. The summed E-state index contributed by atoms with van der Waals surface area (Å²) in [5, 5.41) is 0. The van der Waals surface area contributed by atoms with Gasteiger partial charge in [0.05, 0.1) is 0 Å². The molecule has 2 heterocycles. The van der Waals surface area contributed by atoms with Gasteiger partial charge in [0.1, 0.15) is 0 Å². The van der Waals surface area contributed by atoms with Crippen molar-refractivity contribution in [3.05, 3.63) is 35.0 Å². The molecule has 56 valence electrons. The van der Waals surface area contributed by atoms with Crippen LogP contribution >= 0.6 is 0 Å². The molecule has 2 rings (SSSR count). The van der Waals surface area contributed by atoms with Gasteiger partial charge in [-0.2, -0.15) is 0 Å². The zero-order chi connectivity index (χ0) is 7.84. The van der Waals surface area contributed by atoms with Crippen LogP contribution in [0.1, 0.15) is 0 Å². The van der Waals surface area contributed by atoms with Gasteiger partial charge in [0.15, 0.2) is 0 Å². The zero-order valence-electron chi connectivity index (χ0n) is 6.06. The second-order valence-electron chi connectivity index (χ2n) is 2.36. The minimum Gasteiger partial charge on any atom is -0.321 e. The van der Waals surface area contributed by atoms with E-state index in [0.717, 1.165) is 0 Å². The molecule has 0 unspecified atom stereocenters. The second kappa shape index (κ2) is 1.95. The Bertz CT molecular complexity index is 440. The molecule has 11 heavy (non-hydrogen) atoms. The predicted molar refractivity (Wildman–Crippen MR) is 40.4 cm³/mol. The molecule has 0 aliphatic rings. The molecule has 2 aromatic rings. The quantitative estimate of drug-likeness (QED) is 0.530. The van der Waals surface area contributed by atoms with E-state index in [-0.39, 0.29) is 5.56 Å². The third-order valence-electron chi connectivity index (χ3n) is 1.61. The van der Waals surface area contributed by atoms with Crippen molar-refractivity contribution in [1.29, 1.82) is 0 Å². The third kappa shape index (κ3) is 0.756. The molecule has 0 aliphatic heterocycles. The van der Waals surface area contributed by atoms with Gasteiger partial charge in [0.25, 0.3) is 5.56 Å². The molecule has 0 spiro atoms. The van der Waals surface area contributed by atoms with Crippen LogP contribution in [0.25, 0.3) is 5.78 Å². The summed E-state index contributed by atoms with van der Waals surface area (Å²) in [7, 11) is 1.85. The van der Waals surface area contributed by atoms with Crippen molar-refractivity contribution in [2.24, 2.45) is 7.05 Å². The van der Waals surface area contributed by atoms with Gasteiger partial charge in [0, 0.05) is 31.7 Å². The van der Waals surface area contributed by atoms with Crippen LogP contribution < -0.4 is 5.56 Å². The van der Waals surface area contributed by atoms with Crippen molar-refractivity contribution in [2.75, 3.05) is 0 Å². The molecule has 2 aromatic heterocycles. The molecule has 0 N–H and O–H groups in total. The van der Waals surface area contributed by atoms with Gasteiger partial charge in [0.2, 0.25) is 5.78 Å². The van der Waals surface area contributed by atoms with Crippen molar-refractivity contribution in [3.8, 4) is 0 Å². The Morgan fingerprint density at radius 2 is 2.27 bits per heavy atom. The largest absolute Gasteiger partial charge is 0.321 e. The maximum absolute atomic E-state index is 11.1. The van der Waals surface area contributed by atoms with Crippen molar-refractivity contribution in [2.45, 2.75) is 0 Å². The van der Waals surface area contributed by atoms with E-state index in [9.17, 15) is 4.79 Å². The number of aromatic nitrogens is 3. The Kier molecular flexibility index (Phi) is 1.09. The monoisotopic (exact) mass is 149 g/mol. The summed E-state index contributed by atoms with van der Waals surface area (Å²) < 4.78 is 3.29. The van der Waals surface area contributed by atoms with Gasteiger partial charge in [-0.15, -0.1) is 0 Å². The topological polar surface area (TPSA) is 39.3 Å². The molecule has 4 heteroatoms. The average molecular weight is 149 g/mol. The van der Waals surface area contributed by atoms with Crippen LogP contribution in [0.4, 0.5) is 0 Å². The van der Waals surface area contributed by atoms with Crippen LogP contribution in [-0.4, -0.2) is 14.0 Å². The number of fused-ring (bicyclic) bond motifs is 1. The molecule has 0 radical (unpaired) electrons. The average Bonchev–Trinajstić information content (AvgIpc) is 2.45.